The molecule has 2 aromatic rings. The fraction of sp³-hybridized carbons (Fsp3) is 0.467. The lowest BCUT2D eigenvalue weighted by Crippen LogP contribution is -2.37. The van der Waals surface area contributed by atoms with Crippen molar-refractivity contribution in [3.63, 3.8) is 0 Å². The zero-order chi connectivity index (χ0) is 14.7. The van der Waals surface area contributed by atoms with Crippen LogP contribution in [-0.4, -0.2) is 42.0 Å². The Kier molecular flexibility index (Phi) is 4.41. The van der Waals surface area contributed by atoms with Crippen molar-refractivity contribution in [2.45, 2.75) is 19.3 Å². The van der Waals surface area contributed by atoms with Crippen LogP contribution in [0, 0.1) is 0 Å². The van der Waals surface area contributed by atoms with Gasteiger partial charge >= 0.3 is 0 Å². The van der Waals surface area contributed by atoms with E-state index in [9.17, 15) is 4.79 Å². The van der Waals surface area contributed by atoms with Gasteiger partial charge in [0.05, 0.1) is 0 Å². The van der Waals surface area contributed by atoms with Crippen molar-refractivity contribution in [3.05, 3.63) is 29.1 Å². The first kappa shape index (κ1) is 14.4. The quantitative estimate of drug-likeness (QED) is 0.943. The summed E-state index contributed by atoms with van der Waals surface area (Å²) >= 11 is 5.70. The van der Waals surface area contributed by atoms with E-state index < -0.39 is 0 Å². The number of benzene rings is 1. The normalized spacial score (nSPS) is 16.2. The summed E-state index contributed by atoms with van der Waals surface area (Å²) in [5.74, 6) is -0.0898. The highest BCUT2D eigenvalue weighted by molar-refractivity contribution is 6.28. The van der Waals surface area contributed by atoms with Crippen LogP contribution in [0.4, 0.5) is 0 Å². The van der Waals surface area contributed by atoms with Crippen molar-refractivity contribution in [2.24, 2.45) is 0 Å². The molecule has 3 rings (SSSR count). The van der Waals surface area contributed by atoms with E-state index in [1.807, 2.05) is 0 Å². The molecule has 0 radical (unpaired) electrons. The number of carbonyl (C=O) groups excluding carboxylic acids is 1. The van der Waals surface area contributed by atoms with Gasteiger partial charge in [0, 0.05) is 18.7 Å². The predicted octanol–water partition coefficient (Wildman–Crippen LogP) is 2.70. The van der Waals surface area contributed by atoms with Crippen molar-refractivity contribution in [3.8, 4) is 0 Å². The zero-order valence-corrected chi connectivity index (χ0v) is 12.5. The molecule has 0 saturated carbocycles. The summed E-state index contributed by atoms with van der Waals surface area (Å²) < 4.78 is 5.18. The van der Waals surface area contributed by atoms with Gasteiger partial charge in [-0.15, -0.1) is 0 Å². The third-order valence-electron chi connectivity index (χ3n) is 3.79. The molecule has 1 aromatic carbocycles. The molecule has 2 heterocycles. The molecule has 0 spiro atoms. The van der Waals surface area contributed by atoms with Gasteiger partial charge in [0.2, 0.25) is 0 Å². The Balaban J connectivity index is 1.55. The number of rotatable bonds is 4. The highest BCUT2D eigenvalue weighted by Crippen LogP contribution is 2.19. The first-order chi connectivity index (χ1) is 10.2. The van der Waals surface area contributed by atoms with Gasteiger partial charge in [-0.05, 0) is 55.7 Å². The average molecular weight is 308 g/mol. The number of oxazole rings is 1. The molecule has 0 bridgehead atoms. The monoisotopic (exact) mass is 307 g/mol. The summed E-state index contributed by atoms with van der Waals surface area (Å²) in [6.07, 6.45) is 3.85. The fourth-order valence-corrected chi connectivity index (χ4v) is 2.83. The Morgan fingerprint density at radius 2 is 2.14 bits per heavy atom. The molecule has 1 saturated heterocycles. The van der Waals surface area contributed by atoms with Gasteiger partial charge in [0.1, 0.15) is 5.52 Å². The number of halogens is 1. The topological polar surface area (TPSA) is 58.4 Å². The molecule has 6 heteroatoms. The van der Waals surface area contributed by atoms with Gasteiger partial charge in [-0.2, -0.15) is 4.98 Å². The number of carbonyl (C=O) groups is 1. The molecule has 0 unspecified atom stereocenters. The molecule has 1 amide bonds. The molecular formula is C15H18ClN3O2. The zero-order valence-electron chi connectivity index (χ0n) is 11.8. The maximum atomic E-state index is 12.1. The largest absolute Gasteiger partial charge is 0.428 e. The molecule has 5 nitrogen and oxygen atoms in total. The number of hydrogen-bond donors (Lipinski definition) is 1. The number of piperidine rings is 1. The Morgan fingerprint density at radius 1 is 1.33 bits per heavy atom. The number of aromatic nitrogens is 1. The predicted molar refractivity (Wildman–Crippen MR) is 81.6 cm³/mol. The lowest BCUT2D eigenvalue weighted by Gasteiger charge is -2.26. The van der Waals surface area contributed by atoms with Crippen molar-refractivity contribution in [2.75, 3.05) is 26.2 Å². The van der Waals surface area contributed by atoms with E-state index in [0.717, 1.165) is 19.6 Å². The molecule has 0 atom stereocenters. The number of likely N-dealkylation sites (tertiary alicyclic amines) is 1. The molecule has 0 aliphatic carbocycles. The second-order valence-electron chi connectivity index (χ2n) is 5.31. The number of nitrogens with one attached hydrogen (secondary N) is 1. The summed E-state index contributed by atoms with van der Waals surface area (Å²) in [7, 11) is 0. The van der Waals surface area contributed by atoms with E-state index in [4.69, 9.17) is 16.0 Å². The van der Waals surface area contributed by atoms with Crippen LogP contribution in [0.3, 0.4) is 0 Å². The molecule has 1 aromatic heterocycles. The highest BCUT2D eigenvalue weighted by Gasteiger charge is 2.12. The summed E-state index contributed by atoms with van der Waals surface area (Å²) in [6.45, 7) is 3.85. The van der Waals surface area contributed by atoms with Gasteiger partial charge in [-0.1, -0.05) is 6.42 Å². The van der Waals surface area contributed by atoms with Crippen LogP contribution in [0.1, 0.15) is 29.6 Å². The Hall–Kier alpha value is -1.59. The van der Waals surface area contributed by atoms with Crippen molar-refractivity contribution in [1.29, 1.82) is 0 Å². The second-order valence-corrected chi connectivity index (χ2v) is 5.63. The first-order valence-corrected chi connectivity index (χ1v) is 7.67. The van der Waals surface area contributed by atoms with E-state index >= 15 is 0 Å². The van der Waals surface area contributed by atoms with Crippen molar-refractivity contribution >= 4 is 28.6 Å². The van der Waals surface area contributed by atoms with Crippen LogP contribution >= 0.6 is 11.6 Å². The van der Waals surface area contributed by atoms with Gasteiger partial charge in [0.15, 0.2) is 5.58 Å². The average Bonchev–Trinajstić information content (AvgIpc) is 2.87. The molecule has 112 valence electrons. The lowest BCUT2D eigenvalue weighted by atomic mass is 10.1. The summed E-state index contributed by atoms with van der Waals surface area (Å²) in [5, 5.41) is 3.04. The van der Waals surface area contributed by atoms with Crippen LogP contribution in [0.2, 0.25) is 5.35 Å². The van der Waals surface area contributed by atoms with Gasteiger partial charge in [-0.25, -0.2) is 0 Å². The summed E-state index contributed by atoms with van der Waals surface area (Å²) in [5.41, 5.74) is 1.76. The lowest BCUT2D eigenvalue weighted by molar-refractivity contribution is 0.0946. The van der Waals surface area contributed by atoms with Crippen molar-refractivity contribution in [1.82, 2.24) is 15.2 Å². The first-order valence-electron chi connectivity index (χ1n) is 7.29. The summed E-state index contributed by atoms with van der Waals surface area (Å²) in [6, 6.07) is 5.13. The van der Waals surface area contributed by atoms with Crippen LogP contribution in [0.25, 0.3) is 11.1 Å². The molecule has 1 aliphatic rings. The molecule has 1 fully saturated rings. The Labute approximate surface area is 128 Å². The minimum absolute atomic E-state index is 0.0898. The standard InChI is InChI=1S/C15H18ClN3O2/c16-15-18-12-10-11(4-5-13(12)21-15)14(20)17-6-9-19-7-2-1-3-8-19/h4-5,10H,1-3,6-9H2,(H,17,20). The maximum Gasteiger partial charge on any atom is 0.293 e. The summed E-state index contributed by atoms with van der Waals surface area (Å²) in [4.78, 5) is 18.5. The third kappa shape index (κ3) is 3.54. The van der Waals surface area contributed by atoms with E-state index in [2.05, 4.69) is 15.2 Å². The Bertz CT molecular complexity index is 635. The minimum Gasteiger partial charge on any atom is -0.428 e. The molecular weight excluding hydrogens is 290 g/mol. The van der Waals surface area contributed by atoms with E-state index in [1.165, 1.54) is 19.3 Å². The number of amides is 1. The van der Waals surface area contributed by atoms with E-state index in [1.54, 1.807) is 18.2 Å². The van der Waals surface area contributed by atoms with Gasteiger partial charge in [-0.3, -0.25) is 4.79 Å². The minimum atomic E-state index is -0.0898. The number of nitrogens with zero attached hydrogens (tertiary/aromatic N) is 2. The molecule has 21 heavy (non-hydrogen) atoms. The van der Waals surface area contributed by atoms with E-state index in [0.29, 0.717) is 23.2 Å². The SMILES string of the molecule is O=C(NCCN1CCCCC1)c1ccc2oc(Cl)nc2c1. The van der Waals surface area contributed by atoms with Crippen LogP contribution in [-0.2, 0) is 0 Å². The van der Waals surface area contributed by atoms with Crippen molar-refractivity contribution < 1.29 is 9.21 Å². The second kappa shape index (κ2) is 6.45. The smallest absolute Gasteiger partial charge is 0.293 e. The fourth-order valence-electron chi connectivity index (χ4n) is 2.65. The van der Waals surface area contributed by atoms with Crippen LogP contribution in [0.5, 0.6) is 0 Å². The Morgan fingerprint density at radius 3 is 2.95 bits per heavy atom. The number of hydrogen-bond acceptors (Lipinski definition) is 4. The highest BCUT2D eigenvalue weighted by atomic mass is 35.5. The van der Waals surface area contributed by atoms with Gasteiger partial charge in [0.25, 0.3) is 11.3 Å². The molecule has 1 N–H and O–H groups in total. The third-order valence-corrected chi connectivity index (χ3v) is 3.95. The molecule has 1 aliphatic heterocycles. The van der Waals surface area contributed by atoms with Crippen LogP contribution in [0.15, 0.2) is 22.6 Å². The maximum absolute atomic E-state index is 12.1. The number of fused-ring (bicyclic) bond motifs is 1. The van der Waals surface area contributed by atoms with Crippen LogP contribution < -0.4 is 5.32 Å². The van der Waals surface area contributed by atoms with E-state index in [-0.39, 0.29) is 11.3 Å². The van der Waals surface area contributed by atoms with Gasteiger partial charge < -0.3 is 14.6 Å².